The maximum absolute atomic E-state index is 14.6. The molecule has 5 rings (SSSR count). The zero-order chi connectivity index (χ0) is 22.8. The van der Waals surface area contributed by atoms with Crippen LogP contribution in [0.5, 0.6) is 5.75 Å². The number of halogens is 1. The first-order valence-electron chi connectivity index (χ1n) is 10.8. The second-order valence-electron chi connectivity index (χ2n) is 7.77. The van der Waals surface area contributed by atoms with Crippen LogP contribution in [0, 0.1) is 12.7 Å². The summed E-state index contributed by atoms with van der Waals surface area (Å²) in [6.07, 6.45) is 3.40. The molecule has 0 saturated carbocycles. The Morgan fingerprint density at radius 1 is 1.18 bits per heavy atom. The maximum atomic E-state index is 14.6. The van der Waals surface area contributed by atoms with Crippen LogP contribution in [-0.2, 0) is 11.3 Å². The van der Waals surface area contributed by atoms with Crippen molar-refractivity contribution in [2.45, 2.75) is 13.5 Å². The van der Waals surface area contributed by atoms with E-state index < -0.39 is 0 Å². The molecule has 172 valence electrons. The average molecular weight is 469 g/mol. The molecule has 1 aromatic carbocycles. The van der Waals surface area contributed by atoms with Gasteiger partial charge in [0.1, 0.15) is 23.7 Å². The molecule has 4 heterocycles. The van der Waals surface area contributed by atoms with E-state index in [2.05, 4.69) is 25.2 Å². The van der Waals surface area contributed by atoms with Crippen molar-refractivity contribution < 1.29 is 13.9 Å². The fraction of sp³-hybridized carbons (Fsp3) is 0.348. The number of ether oxygens (including phenoxy) is 2. The van der Waals surface area contributed by atoms with E-state index in [1.165, 1.54) is 6.07 Å². The Hall–Kier alpha value is -3.24. The van der Waals surface area contributed by atoms with Crippen LogP contribution in [0.2, 0.25) is 0 Å². The first-order chi connectivity index (χ1) is 16.1. The Labute approximate surface area is 195 Å². The zero-order valence-corrected chi connectivity index (χ0v) is 19.4. The third-order valence-electron chi connectivity index (χ3n) is 5.73. The normalized spacial score (nSPS) is 14.1. The largest absolute Gasteiger partial charge is 0.496 e. The average Bonchev–Trinajstić information content (AvgIpc) is 3.46. The van der Waals surface area contributed by atoms with Gasteiger partial charge in [-0.25, -0.2) is 19.3 Å². The van der Waals surface area contributed by atoms with Crippen LogP contribution >= 0.6 is 11.3 Å². The summed E-state index contributed by atoms with van der Waals surface area (Å²) in [7, 11) is 1.60. The van der Waals surface area contributed by atoms with Crippen LogP contribution in [-0.4, -0.2) is 59.5 Å². The van der Waals surface area contributed by atoms with Crippen molar-refractivity contribution in [2.75, 3.05) is 50.2 Å². The number of nitrogens with one attached hydrogen (secondary N) is 1. The Morgan fingerprint density at radius 3 is 2.85 bits per heavy atom. The summed E-state index contributed by atoms with van der Waals surface area (Å²) in [6, 6.07) is 6.98. The van der Waals surface area contributed by atoms with E-state index in [0.29, 0.717) is 30.2 Å². The molecular formula is C23H25FN6O2S. The number of fused-ring (bicyclic) bond motifs is 1. The number of nitrogens with zero attached hydrogens (tertiary/aromatic N) is 5. The summed E-state index contributed by atoms with van der Waals surface area (Å²) < 4.78 is 27.3. The third-order valence-corrected chi connectivity index (χ3v) is 6.81. The number of hydrogen-bond acceptors (Lipinski definition) is 8. The van der Waals surface area contributed by atoms with Crippen LogP contribution in [0.15, 0.2) is 36.8 Å². The molecule has 1 saturated heterocycles. The quantitative estimate of drug-likeness (QED) is 0.440. The van der Waals surface area contributed by atoms with Gasteiger partial charge in [0.05, 0.1) is 36.4 Å². The third kappa shape index (κ3) is 4.36. The van der Waals surface area contributed by atoms with Gasteiger partial charge in [-0.15, -0.1) is 0 Å². The molecule has 10 heteroatoms. The number of rotatable bonds is 7. The highest BCUT2D eigenvalue weighted by Crippen LogP contribution is 2.32. The van der Waals surface area contributed by atoms with Gasteiger partial charge in [-0.05, 0) is 25.1 Å². The molecule has 33 heavy (non-hydrogen) atoms. The van der Waals surface area contributed by atoms with Gasteiger partial charge in [-0.2, -0.15) is 0 Å². The summed E-state index contributed by atoms with van der Waals surface area (Å²) in [5, 5.41) is 5.09. The van der Waals surface area contributed by atoms with Crippen molar-refractivity contribution in [3.63, 3.8) is 0 Å². The SMILES string of the molecule is COc1ccc(F)c2c1cc(C)n2CCNc1cc(-c2cnc(N3CCOCC3)s2)ncn1. The molecule has 0 aliphatic carbocycles. The van der Waals surface area contributed by atoms with Gasteiger partial charge in [-0.1, -0.05) is 11.3 Å². The highest BCUT2D eigenvalue weighted by molar-refractivity contribution is 7.18. The highest BCUT2D eigenvalue weighted by atomic mass is 32.1. The van der Waals surface area contributed by atoms with Crippen LogP contribution in [0.3, 0.4) is 0 Å². The Kier molecular flexibility index (Phi) is 6.10. The van der Waals surface area contributed by atoms with Gasteiger partial charge in [0.15, 0.2) is 5.13 Å². The van der Waals surface area contributed by atoms with Gasteiger partial charge >= 0.3 is 0 Å². The molecule has 1 aliphatic rings. The lowest BCUT2D eigenvalue weighted by atomic mass is 10.2. The van der Waals surface area contributed by atoms with Gasteiger partial charge < -0.3 is 24.3 Å². The summed E-state index contributed by atoms with van der Waals surface area (Å²) in [6.45, 7) is 6.29. The zero-order valence-electron chi connectivity index (χ0n) is 18.5. The summed E-state index contributed by atoms with van der Waals surface area (Å²) in [4.78, 5) is 16.5. The Balaban J connectivity index is 1.29. The Morgan fingerprint density at radius 2 is 2.03 bits per heavy atom. The van der Waals surface area contributed by atoms with Gasteiger partial charge in [-0.3, -0.25) is 0 Å². The molecule has 0 atom stereocenters. The van der Waals surface area contributed by atoms with Crippen molar-refractivity contribution in [2.24, 2.45) is 0 Å². The lowest BCUT2D eigenvalue weighted by Gasteiger charge is -2.25. The summed E-state index contributed by atoms with van der Waals surface area (Å²) >= 11 is 1.62. The van der Waals surface area contributed by atoms with Crippen molar-refractivity contribution in [3.8, 4) is 16.3 Å². The first-order valence-corrected chi connectivity index (χ1v) is 11.6. The van der Waals surface area contributed by atoms with Crippen molar-refractivity contribution in [1.82, 2.24) is 19.5 Å². The number of benzene rings is 1. The van der Waals surface area contributed by atoms with E-state index in [1.807, 2.05) is 29.8 Å². The molecule has 8 nitrogen and oxygen atoms in total. The molecule has 0 spiro atoms. The molecule has 1 aliphatic heterocycles. The molecule has 0 unspecified atom stereocenters. The number of hydrogen-bond donors (Lipinski definition) is 1. The second-order valence-corrected chi connectivity index (χ2v) is 8.78. The van der Waals surface area contributed by atoms with Crippen LogP contribution in [0.25, 0.3) is 21.5 Å². The molecule has 1 N–H and O–H groups in total. The maximum Gasteiger partial charge on any atom is 0.186 e. The van der Waals surface area contributed by atoms with Crippen LogP contribution in [0.1, 0.15) is 5.69 Å². The fourth-order valence-electron chi connectivity index (χ4n) is 4.07. The molecule has 4 aromatic rings. The standard InChI is InChI=1S/C23H25FN6O2S/c1-15-11-16-19(31-2)4-3-17(24)22(16)30(15)6-5-25-21-12-18(27-14-28-21)20-13-26-23(33-20)29-7-9-32-10-8-29/h3-4,11-14H,5-10H2,1-2H3,(H,25,27,28). The van der Waals surface area contributed by atoms with Gasteiger partial charge in [0, 0.05) is 49.5 Å². The topological polar surface area (TPSA) is 77.3 Å². The van der Waals surface area contributed by atoms with Crippen molar-refractivity contribution in [1.29, 1.82) is 0 Å². The number of aryl methyl sites for hydroxylation is 1. The predicted molar refractivity (Wildman–Crippen MR) is 128 cm³/mol. The molecule has 3 aromatic heterocycles. The van der Waals surface area contributed by atoms with Crippen LogP contribution < -0.4 is 15.0 Å². The van der Waals surface area contributed by atoms with E-state index in [0.717, 1.165) is 53.1 Å². The van der Waals surface area contributed by atoms with Crippen molar-refractivity contribution >= 4 is 33.2 Å². The van der Waals surface area contributed by atoms with Crippen LogP contribution in [0.4, 0.5) is 15.3 Å². The van der Waals surface area contributed by atoms with Gasteiger partial charge in [0.2, 0.25) is 0 Å². The van der Waals surface area contributed by atoms with E-state index in [-0.39, 0.29) is 5.82 Å². The van der Waals surface area contributed by atoms with E-state index in [9.17, 15) is 4.39 Å². The van der Waals surface area contributed by atoms with E-state index >= 15 is 0 Å². The summed E-state index contributed by atoms with van der Waals surface area (Å²) in [5.74, 6) is 1.13. The van der Waals surface area contributed by atoms with Gasteiger partial charge in [0.25, 0.3) is 0 Å². The lowest BCUT2D eigenvalue weighted by Crippen LogP contribution is -2.36. The number of aromatic nitrogens is 4. The minimum Gasteiger partial charge on any atom is -0.496 e. The minimum absolute atomic E-state index is 0.260. The number of morpholine rings is 1. The number of methoxy groups -OCH3 is 1. The molecule has 0 bridgehead atoms. The van der Waals surface area contributed by atoms with Crippen molar-refractivity contribution in [3.05, 3.63) is 48.3 Å². The Bertz CT molecular complexity index is 1270. The lowest BCUT2D eigenvalue weighted by molar-refractivity contribution is 0.122. The highest BCUT2D eigenvalue weighted by Gasteiger charge is 2.17. The molecule has 0 amide bonds. The predicted octanol–water partition coefficient (Wildman–Crippen LogP) is 3.96. The first kappa shape index (κ1) is 21.6. The monoisotopic (exact) mass is 468 g/mol. The molecule has 1 fully saturated rings. The molecular weight excluding hydrogens is 443 g/mol. The smallest absolute Gasteiger partial charge is 0.186 e. The fourth-order valence-corrected chi connectivity index (χ4v) is 5.01. The van der Waals surface area contributed by atoms with E-state index in [1.54, 1.807) is 30.8 Å². The number of thiazole rings is 1. The molecule has 0 radical (unpaired) electrons. The second kappa shape index (κ2) is 9.32. The van der Waals surface area contributed by atoms with E-state index in [4.69, 9.17) is 9.47 Å². The number of anilines is 2. The summed E-state index contributed by atoms with van der Waals surface area (Å²) in [5.41, 5.74) is 2.35. The minimum atomic E-state index is -0.260.